The Labute approximate surface area is 180 Å². The van der Waals surface area contributed by atoms with E-state index in [9.17, 15) is 4.79 Å². The molecule has 0 bridgehead atoms. The van der Waals surface area contributed by atoms with Crippen molar-refractivity contribution in [1.29, 1.82) is 0 Å². The van der Waals surface area contributed by atoms with Crippen molar-refractivity contribution in [1.82, 2.24) is 16.0 Å². The summed E-state index contributed by atoms with van der Waals surface area (Å²) in [7, 11) is 1.80. The van der Waals surface area contributed by atoms with Crippen LogP contribution in [0.2, 0.25) is 0 Å². The van der Waals surface area contributed by atoms with Crippen LogP contribution >= 0.6 is 24.0 Å². The number of hydrogen-bond acceptors (Lipinski definition) is 3. The Morgan fingerprint density at radius 1 is 1.30 bits per heavy atom. The number of benzene rings is 1. The van der Waals surface area contributed by atoms with Crippen molar-refractivity contribution in [2.75, 3.05) is 31.6 Å². The van der Waals surface area contributed by atoms with E-state index in [4.69, 9.17) is 0 Å². The zero-order valence-corrected chi connectivity index (χ0v) is 19.1. The third kappa shape index (κ3) is 8.36. The Morgan fingerprint density at radius 2 is 2.04 bits per heavy atom. The van der Waals surface area contributed by atoms with E-state index in [0.717, 1.165) is 31.2 Å². The molecular weight excluding hydrogens is 453 g/mol. The lowest BCUT2D eigenvalue weighted by Crippen LogP contribution is -2.47. The van der Waals surface area contributed by atoms with Crippen molar-refractivity contribution >= 4 is 41.5 Å². The minimum absolute atomic E-state index is 0. The number of piperazine rings is 1. The number of halogens is 1. The number of unbranched alkanes of at least 4 members (excludes halogenated alkanes) is 2. The molecule has 1 fully saturated rings. The van der Waals surface area contributed by atoms with Gasteiger partial charge in [0.05, 0.1) is 6.54 Å². The number of nitrogens with zero attached hydrogens (tertiary/aromatic N) is 2. The zero-order chi connectivity index (χ0) is 18.8. The van der Waals surface area contributed by atoms with Crippen molar-refractivity contribution in [3.63, 3.8) is 0 Å². The topological polar surface area (TPSA) is 68.8 Å². The fourth-order valence-electron chi connectivity index (χ4n) is 3.07. The quantitative estimate of drug-likeness (QED) is 0.228. The van der Waals surface area contributed by atoms with Crippen LogP contribution in [0.1, 0.15) is 45.1 Å². The number of nitrogens with one attached hydrogen (secondary N) is 3. The van der Waals surface area contributed by atoms with E-state index in [1.54, 1.807) is 7.05 Å². The van der Waals surface area contributed by atoms with Crippen LogP contribution in [0.4, 0.5) is 5.69 Å². The van der Waals surface area contributed by atoms with Gasteiger partial charge < -0.3 is 20.9 Å². The van der Waals surface area contributed by atoms with Crippen LogP contribution < -0.4 is 20.9 Å². The van der Waals surface area contributed by atoms with Crippen molar-refractivity contribution in [3.8, 4) is 0 Å². The summed E-state index contributed by atoms with van der Waals surface area (Å²) >= 11 is 0. The number of anilines is 1. The summed E-state index contributed by atoms with van der Waals surface area (Å²) in [6, 6.07) is 8.79. The van der Waals surface area contributed by atoms with E-state index < -0.39 is 0 Å². The maximum atomic E-state index is 11.5. The molecule has 0 spiro atoms. The van der Waals surface area contributed by atoms with Gasteiger partial charge in [-0.2, -0.15) is 0 Å². The van der Waals surface area contributed by atoms with Gasteiger partial charge in [0.2, 0.25) is 5.91 Å². The van der Waals surface area contributed by atoms with Gasteiger partial charge in [-0.1, -0.05) is 38.3 Å². The Morgan fingerprint density at radius 3 is 2.67 bits per heavy atom. The average Bonchev–Trinajstić information content (AvgIpc) is 2.65. The third-order valence-electron chi connectivity index (χ3n) is 4.65. The van der Waals surface area contributed by atoms with E-state index >= 15 is 0 Å². The minimum atomic E-state index is 0. The molecule has 1 amide bonds. The summed E-state index contributed by atoms with van der Waals surface area (Å²) in [5.41, 5.74) is 2.28. The van der Waals surface area contributed by atoms with Crippen molar-refractivity contribution in [2.24, 2.45) is 4.99 Å². The van der Waals surface area contributed by atoms with E-state index in [-0.39, 0.29) is 29.9 Å². The van der Waals surface area contributed by atoms with Crippen LogP contribution in [-0.2, 0) is 11.3 Å². The summed E-state index contributed by atoms with van der Waals surface area (Å²) in [6.07, 6.45) is 4.94. The molecule has 0 radical (unpaired) electrons. The molecule has 1 heterocycles. The largest absolute Gasteiger partial charge is 0.360 e. The summed E-state index contributed by atoms with van der Waals surface area (Å²) in [5, 5.41) is 9.68. The van der Waals surface area contributed by atoms with Gasteiger partial charge in [0.1, 0.15) is 0 Å². The molecular formula is C20H34IN5O. The summed E-state index contributed by atoms with van der Waals surface area (Å²) in [5.74, 6) is 0.927. The van der Waals surface area contributed by atoms with Crippen molar-refractivity contribution < 1.29 is 4.79 Å². The molecule has 152 valence electrons. The predicted octanol–water partition coefficient (Wildman–Crippen LogP) is 2.87. The van der Waals surface area contributed by atoms with E-state index in [1.165, 1.54) is 24.8 Å². The van der Waals surface area contributed by atoms with Gasteiger partial charge in [-0.3, -0.25) is 9.79 Å². The number of rotatable bonds is 8. The number of guanidine groups is 1. The first kappa shape index (κ1) is 23.5. The highest BCUT2D eigenvalue weighted by atomic mass is 127. The molecule has 1 aromatic rings. The van der Waals surface area contributed by atoms with Crippen LogP contribution in [0.3, 0.4) is 0 Å². The second kappa shape index (κ2) is 12.8. The first-order chi connectivity index (χ1) is 12.6. The number of carbonyl (C=O) groups is 1. The molecule has 1 atom stereocenters. The Bertz CT molecular complexity index is 591. The molecule has 2 rings (SSSR count). The van der Waals surface area contributed by atoms with Gasteiger partial charge in [0.15, 0.2) is 5.96 Å². The van der Waals surface area contributed by atoms with Crippen LogP contribution in [-0.4, -0.2) is 44.6 Å². The minimum Gasteiger partial charge on any atom is -0.360 e. The second-order valence-corrected chi connectivity index (χ2v) is 6.90. The Hall–Kier alpha value is -1.51. The van der Waals surface area contributed by atoms with Crippen molar-refractivity contribution in [2.45, 2.75) is 52.1 Å². The second-order valence-electron chi connectivity index (χ2n) is 6.90. The Balaban J connectivity index is 0.00000364. The first-order valence-corrected chi connectivity index (χ1v) is 9.70. The molecule has 7 heteroatoms. The average molecular weight is 487 g/mol. The Kier molecular flexibility index (Phi) is 11.2. The molecule has 3 N–H and O–H groups in total. The lowest BCUT2D eigenvalue weighted by molar-refractivity contribution is -0.120. The molecule has 1 aromatic carbocycles. The monoisotopic (exact) mass is 487 g/mol. The number of carbonyl (C=O) groups excluding carboxylic acids is 1. The molecule has 0 saturated carbocycles. The summed E-state index contributed by atoms with van der Waals surface area (Å²) in [4.78, 5) is 17.9. The zero-order valence-electron chi connectivity index (χ0n) is 16.8. The van der Waals surface area contributed by atoms with E-state index in [0.29, 0.717) is 19.1 Å². The normalized spacial score (nSPS) is 15.6. The fraction of sp³-hybridized carbons (Fsp3) is 0.600. The summed E-state index contributed by atoms with van der Waals surface area (Å²) in [6.45, 7) is 7.15. The fourth-order valence-corrected chi connectivity index (χ4v) is 3.07. The molecule has 1 aliphatic heterocycles. The number of amides is 1. The molecule has 0 aliphatic carbocycles. The van der Waals surface area contributed by atoms with Gasteiger partial charge in [-0.25, -0.2) is 0 Å². The highest BCUT2D eigenvalue weighted by Crippen LogP contribution is 2.16. The number of hydrogen-bond donors (Lipinski definition) is 3. The predicted molar refractivity (Wildman–Crippen MR) is 124 cm³/mol. The van der Waals surface area contributed by atoms with Crippen molar-refractivity contribution in [3.05, 3.63) is 29.8 Å². The summed E-state index contributed by atoms with van der Waals surface area (Å²) < 4.78 is 0. The highest BCUT2D eigenvalue weighted by Gasteiger charge is 2.16. The van der Waals surface area contributed by atoms with E-state index in [2.05, 4.69) is 64.0 Å². The molecule has 27 heavy (non-hydrogen) atoms. The van der Waals surface area contributed by atoms with E-state index in [1.807, 2.05) is 0 Å². The van der Waals surface area contributed by atoms with Gasteiger partial charge in [0, 0.05) is 38.4 Å². The lowest BCUT2D eigenvalue weighted by atomic mass is 10.1. The third-order valence-corrected chi connectivity index (χ3v) is 4.65. The van der Waals surface area contributed by atoms with Gasteiger partial charge >= 0.3 is 0 Å². The molecule has 1 saturated heterocycles. The molecule has 0 aromatic heterocycles. The molecule has 1 unspecified atom stereocenters. The van der Waals surface area contributed by atoms with Gasteiger partial charge in [0.25, 0.3) is 0 Å². The van der Waals surface area contributed by atoms with Gasteiger partial charge in [-0.15, -0.1) is 24.0 Å². The molecule has 1 aliphatic rings. The molecule has 6 nitrogen and oxygen atoms in total. The van der Waals surface area contributed by atoms with Gasteiger partial charge in [-0.05, 0) is 31.0 Å². The van der Waals surface area contributed by atoms with Crippen LogP contribution in [0.5, 0.6) is 0 Å². The number of aliphatic imine (C=N–C) groups is 1. The van der Waals surface area contributed by atoms with Crippen LogP contribution in [0, 0.1) is 0 Å². The SMILES string of the molecule is CCCCCC(C)NC(=NC)NCc1ccc(N2CCNC(=O)C2)cc1.I. The highest BCUT2D eigenvalue weighted by molar-refractivity contribution is 14.0. The standard InChI is InChI=1S/C20H33N5O.HI/c1-4-5-6-7-16(2)24-20(21-3)23-14-17-8-10-18(11-9-17)25-13-12-22-19(26)15-25;/h8-11,16H,4-7,12-15H2,1-3H3,(H,22,26)(H2,21,23,24);1H. The smallest absolute Gasteiger partial charge is 0.239 e. The first-order valence-electron chi connectivity index (χ1n) is 9.70. The lowest BCUT2D eigenvalue weighted by Gasteiger charge is -2.28. The maximum Gasteiger partial charge on any atom is 0.239 e. The van der Waals surface area contributed by atoms with Crippen LogP contribution in [0.15, 0.2) is 29.3 Å². The maximum absolute atomic E-state index is 11.5. The van der Waals surface area contributed by atoms with Crippen LogP contribution in [0.25, 0.3) is 0 Å².